The number of aryl methyl sites for hydroxylation is 2. The van der Waals surface area contributed by atoms with E-state index in [9.17, 15) is 0 Å². The van der Waals surface area contributed by atoms with Crippen LogP contribution in [0.5, 0.6) is 0 Å². The summed E-state index contributed by atoms with van der Waals surface area (Å²) in [4.78, 5) is 2.02. The topological polar surface area (TPSA) is 41.6 Å². The van der Waals surface area contributed by atoms with Crippen LogP contribution in [-0.4, -0.2) is 9.78 Å². The highest BCUT2D eigenvalue weighted by molar-refractivity contribution is 7.99. The van der Waals surface area contributed by atoms with Crippen LogP contribution in [0.25, 0.3) is 0 Å². The number of nitrogens with zero attached hydrogens (tertiary/aromatic N) is 3. The SMILES string of the molecule is Cc1ccc(Sc2cnn(C)c2)c(C#N)c1. The van der Waals surface area contributed by atoms with Crippen molar-refractivity contribution in [3.63, 3.8) is 0 Å². The van der Waals surface area contributed by atoms with Gasteiger partial charge >= 0.3 is 0 Å². The summed E-state index contributed by atoms with van der Waals surface area (Å²) >= 11 is 1.56. The third-order valence-electron chi connectivity index (χ3n) is 2.16. The largest absolute Gasteiger partial charge is 0.275 e. The lowest BCUT2D eigenvalue weighted by Gasteiger charge is -2.02. The molecule has 0 aliphatic carbocycles. The van der Waals surface area contributed by atoms with Crippen molar-refractivity contribution in [1.29, 1.82) is 5.26 Å². The van der Waals surface area contributed by atoms with Crippen LogP contribution in [0.1, 0.15) is 11.1 Å². The summed E-state index contributed by atoms with van der Waals surface area (Å²) in [5.74, 6) is 0. The van der Waals surface area contributed by atoms with Gasteiger partial charge in [0, 0.05) is 18.1 Å². The van der Waals surface area contributed by atoms with E-state index < -0.39 is 0 Å². The smallest absolute Gasteiger partial charge is 0.100 e. The van der Waals surface area contributed by atoms with E-state index >= 15 is 0 Å². The Bertz CT molecular complexity index is 552. The fourth-order valence-electron chi connectivity index (χ4n) is 1.40. The molecule has 0 bridgehead atoms. The molecule has 0 radical (unpaired) electrons. The molecule has 2 rings (SSSR count). The van der Waals surface area contributed by atoms with Crippen LogP contribution < -0.4 is 0 Å². The van der Waals surface area contributed by atoms with Crippen molar-refractivity contribution in [2.45, 2.75) is 16.7 Å². The average Bonchev–Trinajstić information content (AvgIpc) is 2.67. The molecule has 4 heteroatoms. The predicted octanol–water partition coefficient (Wildman–Crippen LogP) is 2.75. The average molecular weight is 229 g/mol. The second kappa shape index (κ2) is 4.42. The van der Waals surface area contributed by atoms with Gasteiger partial charge in [-0.1, -0.05) is 17.8 Å². The van der Waals surface area contributed by atoms with Crippen LogP contribution >= 0.6 is 11.8 Å². The minimum atomic E-state index is 0.717. The number of benzene rings is 1. The number of aromatic nitrogens is 2. The minimum Gasteiger partial charge on any atom is -0.275 e. The maximum absolute atomic E-state index is 9.04. The van der Waals surface area contributed by atoms with Gasteiger partial charge in [0.25, 0.3) is 0 Å². The third-order valence-corrected chi connectivity index (χ3v) is 3.19. The Balaban J connectivity index is 2.31. The summed E-state index contributed by atoms with van der Waals surface area (Å²) in [6.07, 6.45) is 3.73. The van der Waals surface area contributed by atoms with E-state index in [2.05, 4.69) is 11.2 Å². The lowest BCUT2D eigenvalue weighted by atomic mass is 10.2. The summed E-state index contributed by atoms with van der Waals surface area (Å²) in [5.41, 5.74) is 1.82. The van der Waals surface area contributed by atoms with Gasteiger partial charge in [-0.15, -0.1) is 0 Å². The zero-order valence-electron chi connectivity index (χ0n) is 9.14. The van der Waals surface area contributed by atoms with Gasteiger partial charge in [0.15, 0.2) is 0 Å². The molecular formula is C12H11N3S. The van der Waals surface area contributed by atoms with E-state index in [1.165, 1.54) is 0 Å². The molecule has 0 aliphatic rings. The Morgan fingerprint density at radius 3 is 2.88 bits per heavy atom. The van der Waals surface area contributed by atoms with Crippen LogP contribution in [0, 0.1) is 18.3 Å². The Morgan fingerprint density at radius 1 is 1.44 bits per heavy atom. The molecule has 0 spiro atoms. The van der Waals surface area contributed by atoms with Gasteiger partial charge in [-0.25, -0.2) is 0 Å². The summed E-state index contributed by atoms with van der Waals surface area (Å²) in [5, 5.41) is 13.1. The number of rotatable bonds is 2. The van der Waals surface area contributed by atoms with Gasteiger partial charge in [0.1, 0.15) is 6.07 Å². The van der Waals surface area contributed by atoms with Crippen LogP contribution in [0.15, 0.2) is 40.4 Å². The standard InChI is InChI=1S/C12H11N3S/c1-9-3-4-12(10(5-9)6-13)16-11-7-14-15(2)8-11/h3-5,7-8H,1-2H3. The van der Waals surface area contributed by atoms with Crippen molar-refractivity contribution in [3.05, 3.63) is 41.7 Å². The van der Waals surface area contributed by atoms with Crippen LogP contribution in [0.3, 0.4) is 0 Å². The zero-order chi connectivity index (χ0) is 11.5. The molecule has 0 amide bonds. The van der Waals surface area contributed by atoms with Gasteiger partial charge in [-0.2, -0.15) is 10.4 Å². The first kappa shape index (κ1) is 10.8. The predicted molar refractivity (Wildman–Crippen MR) is 63.2 cm³/mol. The molecule has 80 valence electrons. The van der Waals surface area contributed by atoms with Gasteiger partial charge < -0.3 is 0 Å². The summed E-state index contributed by atoms with van der Waals surface area (Å²) in [6, 6.07) is 8.11. The van der Waals surface area contributed by atoms with Gasteiger partial charge in [0.05, 0.1) is 16.7 Å². The molecule has 2 aromatic rings. The van der Waals surface area contributed by atoms with Gasteiger partial charge in [-0.05, 0) is 24.6 Å². The van der Waals surface area contributed by atoms with Gasteiger partial charge in [-0.3, -0.25) is 4.68 Å². The van der Waals surface area contributed by atoms with Crippen LogP contribution in [0.4, 0.5) is 0 Å². The minimum absolute atomic E-state index is 0.717. The molecular weight excluding hydrogens is 218 g/mol. The molecule has 3 nitrogen and oxygen atoms in total. The number of nitriles is 1. The molecule has 0 N–H and O–H groups in total. The first-order chi connectivity index (χ1) is 7.69. The molecule has 0 aliphatic heterocycles. The number of hydrogen-bond acceptors (Lipinski definition) is 3. The summed E-state index contributed by atoms with van der Waals surface area (Å²) in [7, 11) is 1.88. The van der Waals surface area contributed by atoms with Gasteiger partial charge in [0.2, 0.25) is 0 Å². The van der Waals surface area contributed by atoms with Crippen molar-refractivity contribution in [2.24, 2.45) is 7.05 Å². The van der Waals surface area contributed by atoms with Crippen LogP contribution in [-0.2, 0) is 7.05 Å². The molecule has 1 aromatic carbocycles. The molecule has 0 saturated carbocycles. The fraction of sp³-hybridized carbons (Fsp3) is 0.167. The Kier molecular flexibility index (Phi) is 2.97. The van der Waals surface area contributed by atoms with Crippen LogP contribution in [0.2, 0.25) is 0 Å². The first-order valence-corrected chi connectivity index (χ1v) is 5.68. The molecule has 0 fully saturated rings. The Labute approximate surface area is 98.7 Å². The highest BCUT2D eigenvalue weighted by Crippen LogP contribution is 2.30. The zero-order valence-corrected chi connectivity index (χ0v) is 9.95. The second-order valence-corrected chi connectivity index (χ2v) is 4.68. The quantitative estimate of drug-likeness (QED) is 0.795. The van der Waals surface area contributed by atoms with E-state index in [1.807, 2.05) is 38.4 Å². The Morgan fingerprint density at radius 2 is 2.25 bits per heavy atom. The second-order valence-electron chi connectivity index (χ2n) is 3.56. The van der Waals surface area contributed by atoms with Crippen molar-refractivity contribution in [3.8, 4) is 6.07 Å². The first-order valence-electron chi connectivity index (χ1n) is 4.86. The van der Waals surface area contributed by atoms with E-state index in [4.69, 9.17) is 5.26 Å². The Hall–Kier alpha value is -1.73. The molecule has 0 atom stereocenters. The van der Waals surface area contributed by atoms with Crippen molar-refractivity contribution < 1.29 is 0 Å². The highest BCUT2D eigenvalue weighted by Gasteiger charge is 2.05. The fourth-order valence-corrected chi connectivity index (χ4v) is 2.31. The third kappa shape index (κ3) is 2.26. The summed E-state index contributed by atoms with van der Waals surface area (Å²) in [6.45, 7) is 1.99. The highest BCUT2D eigenvalue weighted by atomic mass is 32.2. The summed E-state index contributed by atoms with van der Waals surface area (Å²) < 4.78 is 1.75. The van der Waals surface area contributed by atoms with E-state index in [0.717, 1.165) is 15.4 Å². The molecule has 0 unspecified atom stereocenters. The van der Waals surface area contributed by atoms with E-state index in [0.29, 0.717) is 5.56 Å². The van der Waals surface area contributed by atoms with E-state index in [1.54, 1.807) is 22.6 Å². The monoisotopic (exact) mass is 229 g/mol. The normalized spacial score (nSPS) is 10.1. The van der Waals surface area contributed by atoms with E-state index in [-0.39, 0.29) is 0 Å². The maximum atomic E-state index is 9.04. The van der Waals surface area contributed by atoms with Crippen molar-refractivity contribution >= 4 is 11.8 Å². The number of hydrogen-bond donors (Lipinski definition) is 0. The van der Waals surface area contributed by atoms with Crippen molar-refractivity contribution in [1.82, 2.24) is 9.78 Å². The molecule has 0 saturated heterocycles. The molecule has 16 heavy (non-hydrogen) atoms. The molecule has 1 heterocycles. The lowest BCUT2D eigenvalue weighted by molar-refractivity contribution is 0.766. The van der Waals surface area contributed by atoms with Crippen molar-refractivity contribution in [2.75, 3.05) is 0 Å². The lowest BCUT2D eigenvalue weighted by Crippen LogP contribution is -1.84. The molecule has 1 aromatic heterocycles. The maximum Gasteiger partial charge on any atom is 0.100 e.